The molecule has 0 N–H and O–H groups in total. The lowest BCUT2D eigenvalue weighted by molar-refractivity contribution is 0.153. The van der Waals surface area contributed by atoms with Crippen LogP contribution in [-0.4, -0.2) is 38.3 Å². The monoisotopic (exact) mass is 289 g/mol. The Bertz CT molecular complexity index is 459. The lowest BCUT2D eigenvalue weighted by Gasteiger charge is -2.30. The van der Waals surface area contributed by atoms with Gasteiger partial charge in [0.05, 0.1) is 7.11 Å². The lowest BCUT2D eigenvalue weighted by Crippen LogP contribution is -2.37. The summed E-state index contributed by atoms with van der Waals surface area (Å²) in [6.07, 6.45) is 5.37. The zero-order chi connectivity index (χ0) is 15.1. The molecule has 3 heteroatoms. The highest BCUT2D eigenvalue weighted by Crippen LogP contribution is 2.25. The fraction of sp³-hybridized carbons (Fsp3) is 0.556. The van der Waals surface area contributed by atoms with E-state index in [4.69, 9.17) is 9.47 Å². The van der Waals surface area contributed by atoms with Crippen molar-refractivity contribution in [3.05, 3.63) is 36.4 Å². The van der Waals surface area contributed by atoms with E-state index >= 15 is 0 Å². The Labute approximate surface area is 128 Å². The first-order chi connectivity index (χ1) is 10.2. The SMILES string of the molecule is C=CCc1cc(OC)ccc1OCCN1CCCC(C)C1. The average molecular weight is 289 g/mol. The van der Waals surface area contributed by atoms with Crippen molar-refractivity contribution in [2.75, 3.05) is 33.4 Å². The molecule has 1 aromatic carbocycles. The van der Waals surface area contributed by atoms with Crippen LogP contribution >= 0.6 is 0 Å². The summed E-state index contributed by atoms with van der Waals surface area (Å²) in [5.74, 6) is 2.63. The summed E-state index contributed by atoms with van der Waals surface area (Å²) in [5, 5.41) is 0. The second-order valence-electron chi connectivity index (χ2n) is 5.86. The van der Waals surface area contributed by atoms with E-state index in [1.54, 1.807) is 7.11 Å². The molecule has 0 radical (unpaired) electrons. The van der Waals surface area contributed by atoms with Crippen LogP contribution in [0.2, 0.25) is 0 Å². The van der Waals surface area contributed by atoms with Gasteiger partial charge in [0.15, 0.2) is 0 Å². The van der Waals surface area contributed by atoms with Crippen molar-refractivity contribution in [3.63, 3.8) is 0 Å². The first-order valence-electron chi connectivity index (χ1n) is 7.86. The number of hydrogen-bond donors (Lipinski definition) is 0. The van der Waals surface area contributed by atoms with Gasteiger partial charge < -0.3 is 9.47 Å². The summed E-state index contributed by atoms with van der Waals surface area (Å²) in [6, 6.07) is 5.97. The molecule has 1 atom stereocenters. The number of allylic oxidation sites excluding steroid dienone is 1. The Kier molecular flexibility index (Phi) is 6.12. The van der Waals surface area contributed by atoms with Crippen molar-refractivity contribution in [3.8, 4) is 11.5 Å². The molecule has 1 heterocycles. The van der Waals surface area contributed by atoms with E-state index in [1.165, 1.54) is 25.9 Å². The molecule has 0 amide bonds. The molecular weight excluding hydrogens is 262 g/mol. The van der Waals surface area contributed by atoms with E-state index in [2.05, 4.69) is 18.4 Å². The molecule has 21 heavy (non-hydrogen) atoms. The quantitative estimate of drug-likeness (QED) is 0.717. The van der Waals surface area contributed by atoms with Gasteiger partial charge in [0.2, 0.25) is 0 Å². The molecule has 0 saturated carbocycles. The predicted molar refractivity (Wildman–Crippen MR) is 87.2 cm³/mol. The number of piperidine rings is 1. The zero-order valence-electron chi connectivity index (χ0n) is 13.3. The van der Waals surface area contributed by atoms with E-state index < -0.39 is 0 Å². The molecule has 0 aliphatic carbocycles. The summed E-state index contributed by atoms with van der Waals surface area (Å²) in [4.78, 5) is 2.50. The minimum Gasteiger partial charge on any atom is -0.497 e. The number of ether oxygens (including phenoxy) is 2. The highest BCUT2D eigenvalue weighted by molar-refractivity contribution is 5.41. The van der Waals surface area contributed by atoms with Gasteiger partial charge in [-0.15, -0.1) is 6.58 Å². The third-order valence-electron chi connectivity index (χ3n) is 4.04. The fourth-order valence-corrected chi connectivity index (χ4v) is 2.91. The maximum atomic E-state index is 5.98. The zero-order valence-corrected chi connectivity index (χ0v) is 13.3. The van der Waals surface area contributed by atoms with E-state index in [0.717, 1.165) is 42.6 Å². The number of nitrogens with zero attached hydrogens (tertiary/aromatic N) is 1. The number of benzene rings is 1. The van der Waals surface area contributed by atoms with Crippen LogP contribution in [0, 0.1) is 5.92 Å². The molecule has 0 spiro atoms. The van der Waals surface area contributed by atoms with Crippen molar-refractivity contribution in [2.45, 2.75) is 26.2 Å². The molecule has 2 rings (SSSR count). The summed E-state index contributed by atoms with van der Waals surface area (Å²) >= 11 is 0. The topological polar surface area (TPSA) is 21.7 Å². The highest BCUT2D eigenvalue weighted by Gasteiger charge is 2.15. The molecular formula is C18H27NO2. The number of rotatable bonds is 7. The minimum atomic E-state index is 0.739. The van der Waals surface area contributed by atoms with Gasteiger partial charge in [-0.1, -0.05) is 13.0 Å². The first kappa shape index (κ1) is 15.9. The van der Waals surface area contributed by atoms with Crippen LogP contribution in [0.4, 0.5) is 0 Å². The molecule has 1 aromatic rings. The Balaban J connectivity index is 1.88. The third-order valence-corrected chi connectivity index (χ3v) is 4.04. The van der Waals surface area contributed by atoms with Crippen molar-refractivity contribution < 1.29 is 9.47 Å². The first-order valence-corrected chi connectivity index (χ1v) is 7.86. The fourth-order valence-electron chi connectivity index (χ4n) is 2.91. The molecule has 1 unspecified atom stereocenters. The van der Waals surface area contributed by atoms with Gasteiger partial charge in [0.25, 0.3) is 0 Å². The Morgan fingerprint density at radius 3 is 3.00 bits per heavy atom. The molecule has 1 aliphatic heterocycles. The van der Waals surface area contributed by atoms with E-state index in [1.807, 2.05) is 24.3 Å². The summed E-state index contributed by atoms with van der Waals surface area (Å²) in [5.41, 5.74) is 1.14. The average Bonchev–Trinajstić information content (AvgIpc) is 2.49. The highest BCUT2D eigenvalue weighted by atomic mass is 16.5. The second-order valence-corrected chi connectivity index (χ2v) is 5.86. The van der Waals surface area contributed by atoms with Gasteiger partial charge in [-0.05, 0) is 49.9 Å². The van der Waals surface area contributed by atoms with Gasteiger partial charge in [-0.2, -0.15) is 0 Å². The normalized spacial score (nSPS) is 19.2. The van der Waals surface area contributed by atoms with Gasteiger partial charge in [-0.3, -0.25) is 4.90 Å². The summed E-state index contributed by atoms with van der Waals surface area (Å²) in [6.45, 7) is 10.3. The van der Waals surface area contributed by atoms with Crippen LogP contribution in [0.1, 0.15) is 25.3 Å². The molecule has 3 nitrogen and oxygen atoms in total. The van der Waals surface area contributed by atoms with Crippen LogP contribution in [0.15, 0.2) is 30.9 Å². The Hall–Kier alpha value is -1.48. The van der Waals surface area contributed by atoms with Gasteiger partial charge >= 0.3 is 0 Å². The number of likely N-dealkylation sites (tertiary alicyclic amines) is 1. The van der Waals surface area contributed by atoms with E-state index in [9.17, 15) is 0 Å². The van der Waals surface area contributed by atoms with Crippen LogP contribution in [0.25, 0.3) is 0 Å². The molecule has 116 valence electrons. The molecule has 1 saturated heterocycles. The Morgan fingerprint density at radius 2 is 2.29 bits per heavy atom. The standard InChI is InChI=1S/C18H27NO2/c1-4-6-16-13-17(20-3)8-9-18(16)21-12-11-19-10-5-7-15(2)14-19/h4,8-9,13,15H,1,5-7,10-12,14H2,2-3H3. The number of hydrogen-bond acceptors (Lipinski definition) is 3. The number of methoxy groups -OCH3 is 1. The lowest BCUT2D eigenvalue weighted by atomic mass is 10.0. The van der Waals surface area contributed by atoms with Crippen LogP contribution in [-0.2, 0) is 6.42 Å². The largest absolute Gasteiger partial charge is 0.497 e. The second kappa shape index (κ2) is 8.08. The van der Waals surface area contributed by atoms with Crippen LogP contribution in [0.3, 0.4) is 0 Å². The van der Waals surface area contributed by atoms with E-state index in [-0.39, 0.29) is 0 Å². The van der Waals surface area contributed by atoms with Crippen molar-refractivity contribution in [1.29, 1.82) is 0 Å². The summed E-state index contributed by atoms with van der Waals surface area (Å²) < 4.78 is 11.3. The van der Waals surface area contributed by atoms with Crippen molar-refractivity contribution in [1.82, 2.24) is 4.90 Å². The minimum absolute atomic E-state index is 0.739. The molecule has 1 fully saturated rings. The maximum Gasteiger partial charge on any atom is 0.123 e. The van der Waals surface area contributed by atoms with Crippen LogP contribution in [0.5, 0.6) is 11.5 Å². The van der Waals surface area contributed by atoms with Gasteiger partial charge in [-0.25, -0.2) is 0 Å². The summed E-state index contributed by atoms with van der Waals surface area (Å²) in [7, 11) is 1.69. The smallest absolute Gasteiger partial charge is 0.123 e. The maximum absolute atomic E-state index is 5.98. The third kappa shape index (κ3) is 4.78. The van der Waals surface area contributed by atoms with Gasteiger partial charge in [0.1, 0.15) is 18.1 Å². The van der Waals surface area contributed by atoms with Gasteiger partial charge in [0, 0.05) is 18.7 Å². The van der Waals surface area contributed by atoms with Crippen LogP contribution < -0.4 is 9.47 Å². The molecule has 1 aliphatic rings. The van der Waals surface area contributed by atoms with E-state index in [0.29, 0.717) is 0 Å². The van der Waals surface area contributed by atoms with Crippen molar-refractivity contribution in [2.24, 2.45) is 5.92 Å². The molecule has 0 aromatic heterocycles. The molecule has 0 bridgehead atoms. The Morgan fingerprint density at radius 1 is 1.43 bits per heavy atom. The predicted octanol–water partition coefficient (Wildman–Crippen LogP) is 3.53. The van der Waals surface area contributed by atoms with Crippen molar-refractivity contribution >= 4 is 0 Å².